The van der Waals surface area contributed by atoms with E-state index in [9.17, 15) is 14.0 Å². The molecule has 0 spiro atoms. The number of rotatable bonds is 7. The SMILES string of the molecule is CCOc1cnc(NC(=O)N(C)[C@H]2CN(c3nccc(NC(=O)O[C@H]4CC[N+]5=I[C@@H]4C5)n3)CC[C@H]2F)cn1. The van der Waals surface area contributed by atoms with Gasteiger partial charge in [0.1, 0.15) is 24.6 Å². The third-order valence-electron chi connectivity index (χ3n) is 6.58. The van der Waals surface area contributed by atoms with Crippen molar-refractivity contribution in [2.45, 2.75) is 42.0 Å². The minimum atomic E-state index is -1.23. The number of piperidine rings is 2. The Bertz CT molecular complexity index is 1200. The molecule has 2 bridgehead atoms. The molecule has 4 aliphatic heterocycles. The topological polar surface area (TPSA) is 138 Å². The van der Waals surface area contributed by atoms with Crippen LogP contribution in [0, 0.1) is 0 Å². The number of fused-ring (bicyclic) bond motifs is 2. The van der Waals surface area contributed by atoms with Gasteiger partial charge in [0, 0.05) is 32.8 Å². The van der Waals surface area contributed by atoms with Crippen molar-refractivity contribution in [2.24, 2.45) is 0 Å². The van der Waals surface area contributed by atoms with Crippen LogP contribution in [0.3, 0.4) is 0 Å². The lowest BCUT2D eigenvalue weighted by Gasteiger charge is -2.39. The molecule has 204 valence electrons. The molecule has 2 aromatic rings. The van der Waals surface area contributed by atoms with Gasteiger partial charge in [-0.15, -0.1) is 0 Å². The van der Waals surface area contributed by atoms with Crippen molar-refractivity contribution in [3.05, 3.63) is 24.7 Å². The molecule has 2 saturated heterocycles. The van der Waals surface area contributed by atoms with Crippen molar-refractivity contribution in [1.29, 1.82) is 0 Å². The first-order chi connectivity index (χ1) is 18.4. The third-order valence-corrected chi connectivity index (χ3v) is 10.2. The molecule has 2 fully saturated rings. The van der Waals surface area contributed by atoms with E-state index in [-0.39, 0.29) is 45.9 Å². The summed E-state index contributed by atoms with van der Waals surface area (Å²) in [7, 11) is 1.53. The Hall–Kier alpha value is -3.24. The Labute approximate surface area is 229 Å². The van der Waals surface area contributed by atoms with Crippen molar-refractivity contribution in [3.8, 4) is 5.88 Å². The number of carbonyl (C=O) groups is 2. The molecule has 13 nitrogen and oxygen atoms in total. The van der Waals surface area contributed by atoms with Crippen molar-refractivity contribution in [2.75, 3.05) is 55.4 Å². The summed E-state index contributed by atoms with van der Waals surface area (Å²) in [6, 6.07) is 0.318. The summed E-state index contributed by atoms with van der Waals surface area (Å²) in [6.07, 6.45) is 3.58. The molecule has 6 rings (SSSR count). The summed E-state index contributed by atoms with van der Waals surface area (Å²) in [6.45, 7) is 4.85. The lowest BCUT2D eigenvalue weighted by Crippen LogP contribution is -2.55. The van der Waals surface area contributed by atoms with Crippen LogP contribution in [0.25, 0.3) is 0 Å². The maximum atomic E-state index is 14.9. The predicted octanol–water partition coefficient (Wildman–Crippen LogP) is 2.62. The molecule has 2 aromatic heterocycles. The molecular formula is C23H30FIN9O4+. The van der Waals surface area contributed by atoms with Crippen LogP contribution in [-0.2, 0) is 4.74 Å². The normalized spacial score (nSPS) is 24.2. The van der Waals surface area contributed by atoms with Gasteiger partial charge < -0.3 is 19.3 Å². The number of hydrogen-bond donors (Lipinski definition) is 2. The molecular weight excluding hydrogens is 612 g/mol. The molecule has 0 unspecified atom stereocenters. The Balaban J connectivity index is 1.18. The van der Waals surface area contributed by atoms with Crippen LogP contribution in [0.4, 0.5) is 31.6 Å². The predicted molar refractivity (Wildman–Crippen MR) is 144 cm³/mol. The van der Waals surface area contributed by atoms with Crippen LogP contribution >= 0.6 is 21.0 Å². The maximum absolute atomic E-state index is 14.9. The summed E-state index contributed by atoms with van der Waals surface area (Å²) in [5.74, 6) is 1.22. The van der Waals surface area contributed by atoms with Crippen LogP contribution < -0.4 is 20.3 Å². The standard InChI is InChI=1S/C23H29FIN9O4/c1-3-37-20-11-27-19(10-28-20)30-22(35)32(2)16-13-33(8-5-14(16)24)21-26-7-4-18(29-21)31-23(36)38-17-6-9-34-12-15(17)25-34/h4,7,10-11,14-17H,3,5-6,8-9,12-13H2,1-2H3,(H-,26,27,29,30,31,35,36)/p+1/t14-,15-,16+,17+/m1/s1. The first kappa shape index (κ1) is 26.4. The van der Waals surface area contributed by atoms with E-state index in [1.54, 1.807) is 11.0 Å². The molecule has 2 N–H and O–H groups in total. The van der Waals surface area contributed by atoms with Gasteiger partial charge in [-0.25, -0.2) is 31.7 Å². The monoisotopic (exact) mass is 642 g/mol. The maximum Gasteiger partial charge on any atom is 0.413 e. The fourth-order valence-corrected chi connectivity index (χ4v) is 7.56. The summed E-state index contributed by atoms with van der Waals surface area (Å²) in [4.78, 5) is 45.3. The summed E-state index contributed by atoms with van der Waals surface area (Å²) in [5.41, 5.74) is 0. The highest BCUT2D eigenvalue weighted by Crippen LogP contribution is 2.34. The quantitative estimate of drug-likeness (QED) is 0.345. The van der Waals surface area contributed by atoms with Gasteiger partial charge in [-0.2, -0.15) is 4.98 Å². The average molecular weight is 642 g/mol. The molecule has 0 radical (unpaired) electrons. The zero-order valence-electron chi connectivity index (χ0n) is 21.1. The highest BCUT2D eigenvalue weighted by Gasteiger charge is 2.44. The van der Waals surface area contributed by atoms with Crippen molar-refractivity contribution >= 4 is 50.7 Å². The summed E-state index contributed by atoms with van der Waals surface area (Å²) < 4.78 is 28.8. The van der Waals surface area contributed by atoms with E-state index in [1.165, 1.54) is 30.5 Å². The van der Waals surface area contributed by atoms with Gasteiger partial charge in [-0.3, -0.25) is 10.6 Å². The van der Waals surface area contributed by atoms with Crippen molar-refractivity contribution in [3.63, 3.8) is 0 Å². The largest absolute Gasteiger partial charge is 0.477 e. The number of hydrogen-bond acceptors (Lipinski definition) is 9. The van der Waals surface area contributed by atoms with E-state index in [0.717, 1.165) is 19.5 Å². The van der Waals surface area contributed by atoms with Crippen LogP contribution in [0.1, 0.15) is 19.8 Å². The lowest BCUT2D eigenvalue weighted by atomic mass is 10.0. The van der Waals surface area contributed by atoms with Crippen LogP contribution in [0.15, 0.2) is 24.7 Å². The number of nitrogens with one attached hydrogen (secondary N) is 2. The molecule has 4 atom stereocenters. The average Bonchev–Trinajstić information content (AvgIpc) is 2.89. The molecule has 0 aliphatic carbocycles. The van der Waals surface area contributed by atoms with E-state index in [0.29, 0.717) is 34.7 Å². The van der Waals surface area contributed by atoms with E-state index < -0.39 is 24.3 Å². The van der Waals surface area contributed by atoms with Gasteiger partial charge in [0.2, 0.25) is 32.9 Å². The van der Waals surface area contributed by atoms with E-state index in [2.05, 4.69) is 33.3 Å². The minimum Gasteiger partial charge on any atom is -0.477 e. The number of urea groups is 1. The van der Waals surface area contributed by atoms with E-state index in [4.69, 9.17) is 9.47 Å². The van der Waals surface area contributed by atoms with Crippen LogP contribution in [0.2, 0.25) is 0 Å². The van der Waals surface area contributed by atoms with Crippen molar-refractivity contribution in [1.82, 2.24) is 24.8 Å². The Morgan fingerprint density at radius 3 is 2.79 bits per heavy atom. The van der Waals surface area contributed by atoms with Gasteiger partial charge >= 0.3 is 12.1 Å². The molecule has 6 heterocycles. The molecule has 3 amide bonds. The van der Waals surface area contributed by atoms with Crippen LogP contribution in [-0.4, -0.2) is 102 Å². The summed E-state index contributed by atoms with van der Waals surface area (Å²) >= 11 is -0.0135. The Morgan fingerprint density at radius 1 is 1.24 bits per heavy atom. The fourth-order valence-electron chi connectivity index (χ4n) is 4.51. The van der Waals surface area contributed by atoms with Crippen molar-refractivity contribution < 1.29 is 26.2 Å². The minimum absolute atomic E-state index is 0.0135. The van der Waals surface area contributed by atoms with E-state index in [1.807, 2.05) is 6.92 Å². The van der Waals surface area contributed by atoms with Gasteiger partial charge in [-0.1, -0.05) is 0 Å². The zero-order chi connectivity index (χ0) is 26.6. The van der Waals surface area contributed by atoms with E-state index >= 15 is 0 Å². The molecule has 0 aromatic carbocycles. The highest BCUT2D eigenvalue weighted by molar-refractivity contribution is 14.1. The zero-order valence-corrected chi connectivity index (χ0v) is 23.2. The lowest BCUT2D eigenvalue weighted by molar-refractivity contribution is -0.500. The second-order valence-electron chi connectivity index (χ2n) is 9.11. The molecule has 38 heavy (non-hydrogen) atoms. The molecule has 15 heteroatoms. The number of amides is 3. The second-order valence-corrected chi connectivity index (χ2v) is 12.6. The molecule has 4 aliphatic rings. The van der Waals surface area contributed by atoms with Gasteiger partial charge in [-0.05, 0) is 19.4 Å². The number of aromatic nitrogens is 4. The number of anilines is 3. The van der Waals surface area contributed by atoms with Gasteiger partial charge in [0.05, 0.1) is 25.0 Å². The smallest absolute Gasteiger partial charge is 0.413 e. The number of likely N-dealkylation sites (N-methyl/N-ethyl adjacent to an activating group) is 1. The highest BCUT2D eigenvalue weighted by atomic mass is 127. The Kier molecular flexibility index (Phi) is 8.09. The first-order valence-corrected chi connectivity index (χ1v) is 14.7. The molecule has 0 saturated carbocycles. The van der Waals surface area contributed by atoms with Gasteiger partial charge in [0.25, 0.3) is 0 Å². The first-order valence-electron chi connectivity index (χ1n) is 12.5. The number of halogens is 2. The number of ether oxygens (including phenoxy) is 2. The Morgan fingerprint density at radius 2 is 2.08 bits per heavy atom. The van der Waals surface area contributed by atoms with Crippen LogP contribution in [0.5, 0.6) is 5.88 Å². The third kappa shape index (κ3) is 6.07. The number of carbonyl (C=O) groups excluding carboxylic acids is 2. The van der Waals surface area contributed by atoms with Gasteiger partial charge in [0.15, 0.2) is 16.3 Å². The number of alkyl halides is 2. The summed E-state index contributed by atoms with van der Waals surface area (Å²) in [5, 5.41) is 5.33. The number of nitrogens with zero attached hydrogens (tertiary/aromatic N) is 7. The second kappa shape index (κ2) is 11.7. The fraction of sp³-hybridized carbons (Fsp3) is 0.565.